The number of unbranched alkanes of at least 4 members (excludes halogenated alkanes) is 2. The number of nitrogens with one attached hydrogen (secondary N) is 4. The lowest BCUT2D eigenvalue weighted by Gasteiger charge is -2.25. The molecule has 0 aromatic heterocycles. The quantitative estimate of drug-likeness (QED) is 0.0620. The van der Waals surface area contributed by atoms with E-state index < -0.39 is 47.8 Å². The molecule has 1 radical (unpaired) electrons. The van der Waals surface area contributed by atoms with Crippen LogP contribution in [0.3, 0.4) is 0 Å². The minimum atomic E-state index is -1.16. The number of amides is 4. The maximum atomic E-state index is 13.4. The van der Waals surface area contributed by atoms with Gasteiger partial charge >= 0.3 is 0 Å². The molecule has 13 nitrogen and oxygen atoms in total. The fourth-order valence-corrected chi connectivity index (χ4v) is 4.00. The van der Waals surface area contributed by atoms with Crippen LogP contribution in [-0.4, -0.2) is 84.6 Å². The zero-order chi connectivity index (χ0) is 29.9. The molecule has 1 rings (SSSR count). The van der Waals surface area contributed by atoms with Crippen molar-refractivity contribution in [3.05, 3.63) is 29.8 Å². The molecule has 11 N–H and O–H groups in total. The number of thiol groups is 1. The van der Waals surface area contributed by atoms with Gasteiger partial charge in [0.25, 0.3) is 0 Å². The normalized spacial score (nSPS) is 13.8. The van der Waals surface area contributed by atoms with Gasteiger partial charge in [-0.1, -0.05) is 18.6 Å². The Balaban J connectivity index is 3.06. The SMILES string of the molecule is NCCCC[C@H](NC(=O)[C@H](Cc1ccc(O)cc1)NC(=O)[C@H](CS)NC(=O)[C@@H](N)CCCCN)C(=O)NC[C]=O. The lowest BCUT2D eigenvalue weighted by molar-refractivity contribution is -0.133. The largest absolute Gasteiger partial charge is 0.508 e. The molecule has 4 atom stereocenters. The van der Waals surface area contributed by atoms with Crippen LogP contribution in [0, 0.1) is 0 Å². The molecule has 14 heteroatoms. The van der Waals surface area contributed by atoms with Crippen LogP contribution in [0.5, 0.6) is 5.75 Å². The number of phenolic OH excluding ortho intramolecular Hbond substituents is 1. The third-order valence-electron chi connectivity index (χ3n) is 6.05. The maximum Gasteiger partial charge on any atom is 0.244 e. The Morgan fingerprint density at radius 3 is 1.93 bits per heavy atom. The molecule has 0 saturated carbocycles. The number of benzene rings is 1. The van der Waals surface area contributed by atoms with Crippen LogP contribution in [0.25, 0.3) is 0 Å². The summed E-state index contributed by atoms with van der Waals surface area (Å²) in [5.74, 6) is -2.48. The molecule has 0 heterocycles. The number of phenols is 1. The van der Waals surface area contributed by atoms with Crippen LogP contribution >= 0.6 is 12.6 Å². The highest BCUT2D eigenvalue weighted by Crippen LogP contribution is 2.12. The second kappa shape index (κ2) is 19.8. The van der Waals surface area contributed by atoms with Gasteiger partial charge in [-0.15, -0.1) is 0 Å². The van der Waals surface area contributed by atoms with E-state index in [0.717, 1.165) is 0 Å². The van der Waals surface area contributed by atoms with Crippen molar-refractivity contribution >= 4 is 42.5 Å². The van der Waals surface area contributed by atoms with E-state index in [1.807, 2.05) is 0 Å². The van der Waals surface area contributed by atoms with Crippen LogP contribution < -0.4 is 38.5 Å². The van der Waals surface area contributed by atoms with Crippen LogP contribution in [0.2, 0.25) is 0 Å². The highest BCUT2D eigenvalue weighted by molar-refractivity contribution is 7.80. The molecule has 1 aromatic rings. The molecule has 0 aliphatic carbocycles. The van der Waals surface area contributed by atoms with Gasteiger partial charge in [-0.25, -0.2) is 0 Å². The van der Waals surface area contributed by atoms with E-state index in [1.54, 1.807) is 18.4 Å². The number of nitrogens with two attached hydrogens (primary N) is 3. The second-order valence-electron chi connectivity index (χ2n) is 9.27. The van der Waals surface area contributed by atoms with Crippen molar-refractivity contribution < 1.29 is 29.1 Å². The Labute approximate surface area is 240 Å². The summed E-state index contributed by atoms with van der Waals surface area (Å²) >= 11 is 4.18. The lowest BCUT2D eigenvalue weighted by Crippen LogP contribution is -2.58. The van der Waals surface area contributed by atoms with Gasteiger partial charge < -0.3 is 43.6 Å². The molecule has 0 aliphatic rings. The van der Waals surface area contributed by atoms with Crippen LogP contribution in [0.15, 0.2) is 24.3 Å². The van der Waals surface area contributed by atoms with Gasteiger partial charge in [0.1, 0.15) is 23.9 Å². The van der Waals surface area contributed by atoms with Gasteiger partial charge in [-0.3, -0.25) is 24.0 Å². The molecule has 223 valence electrons. The van der Waals surface area contributed by atoms with Crippen molar-refractivity contribution in [1.29, 1.82) is 0 Å². The van der Waals surface area contributed by atoms with E-state index in [2.05, 4.69) is 33.9 Å². The van der Waals surface area contributed by atoms with E-state index >= 15 is 0 Å². The molecule has 0 spiro atoms. The molecule has 0 unspecified atom stereocenters. The maximum absolute atomic E-state index is 13.4. The molecule has 40 heavy (non-hydrogen) atoms. The van der Waals surface area contributed by atoms with Crippen molar-refractivity contribution in [2.24, 2.45) is 17.2 Å². The number of hydrogen-bond donors (Lipinski definition) is 9. The van der Waals surface area contributed by atoms with E-state index in [0.29, 0.717) is 50.8 Å². The summed E-state index contributed by atoms with van der Waals surface area (Å²) in [6, 6.07) is 1.99. The predicted molar refractivity (Wildman–Crippen MR) is 154 cm³/mol. The van der Waals surface area contributed by atoms with Gasteiger partial charge in [0, 0.05) is 12.2 Å². The highest BCUT2D eigenvalue weighted by Gasteiger charge is 2.30. The molecular weight excluding hydrogens is 538 g/mol. The summed E-state index contributed by atoms with van der Waals surface area (Å²) in [5.41, 5.74) is 17.6. The first-order valence-corrected chi connectivity index (χ1v) is 13.9. The van der Waals surface area contributed by atoms with Crippen LogP contribution in [0.1, 0.15) is 44.1 Å². The van der Waals surface area contributed by atoms with Gasteiger partial charge in [-0.2, -0.15) is 12.6 Å². The topological polar surface area (TPSA) is 232 Å². The van der Waals surface area contributed by atoms with Crippen LogP contribution in [-0.2, 0) is 30.4 Å². The zero-order valence-corrected chi connectivity index (χ0v) is 23.5. The summed E-state index contributed by atoms with van der Waals surface area (Å²) in [6.07, 6.45) is 4.75. The Hall–Kier alpha value is -3.20. The van der Waals surface area contributed by atoms with Crippen molar-refractivity contribution in [2.45, 2.75) is 69.1 Å². The highest BCUT2D eigenvalue weighted by atomic mass is 32.1. The Kier molecular flexibility index (Phi) is 17.2. The van der Waals surface area contributed by atoms with Gasteiger partial charge in [-0.05, 0) is 62.9 Å². The van der Waals surface area contributed by atoms with Gasteiger partial charge in [0.05, 0.1) is 12.6 Å². The predicted octanol–water partition coefficient (Wildman–Crippen LogP) is -1.87. The number of rotatable bonds is 20. The monoisotopic (exact) mass is 580 g/mol. The number of aromatic hydroxyl groups is 1. The summed E-state index contributed by atoms with van der Waals surface area (Å²) in [7, 11) is 0. The first-order chi connectivity index (χ1) is 19.2. The molecule has 0 aliphatic heterocycles. The molecular formula is C26H42N7O6S. The van der Waals surface area contributed by atoms with E-state index in [-0.39, 0.29) is 30.9 Å². The average molecular weight is 581 g/mol. The minimum Gasteiger partial charge on any atom is -0.508 e. The summed E-state index contributed by atoms with van der Waals surface area (Å²) in [6.45, 7) is 0.538. The summed E-state index contributed by atoms with van der Waals surface area (Å²) in [5, 5.41) is 19.8. The van der Waals surface area contributed by atoms with Gasteiger partial charge in [0.15, 0.2) is 0 Å². The second-order valence-corrected chi connectivity index (χ2v) is 9.64. The molecule has 0 fully saturated rings. The number of carbonyl (C=O) groups excluding carboxylic acids is 5. The van der Waals surface area contributed by atoms with Crippen molar-refractivity contribution in [2.75, 3.05) is 25.4 Å². The number of carbonyl (C=O) groups is 4. The number of hydrogen-bond acceptors (Lipinski definition) is 10. The van der Waals surface area contributed by atoms with E-state index in [1.165, 1.54) is 12.1 Å². The van der Waals surface area contributed by atoms with Crippen LogP contribution in [0.4, 0.5) is 0 Å². The minimum absolute atomic E-state index is 0.0168. The fourth-order valence-electron chi connectivity index (χ4n) is 3.74. The Bertz CT molecular complexity index is 950. The first-order valence-electron chi connectivity index (χ1n) is 13.2. The smallest absolute Gasteiger partial charge is 0.244 e. The molecule has 1 aromatic carbocycles. The molecule has 0 saturated heterocycles. The standard InChI is InChI=1S/C26H42N7O6S/c27-11-3-1-5-19(29)23(36)33-22(16-40)26(39)32-21(15-17-7-9-18(35)10-8-17)25(38)31-20(6-2-4-12-28)24(37)30-13-14-34/h7-10,19-22,35,40H,1-6,11-13,15-16,27-29H2,(H,30,37)(H,31,38)(H,32,39)(H,33,36)/t19-,20-,21-,22-/m0/s1. The van der Waals surface area contributed by atoms with Gasteiger partial charge in [0.2, 0.25) is 29.9 Å². The third-order valence-corrected chi connectivity index (χ3v) is 6.41. The third kappa shape index (κ3) is 13.2. The van der Waals surface area contributed by atoms with E-state index in [4.69, 9.17) is 17.2 Å². The molecule has 0 bridgehead atoms. The van der Waals surface area contributed by atoms with E-state index in [9.17, 15) is 29.1 Å². The lowest BCUT2D eigenvalue weighted by atomic mass is 10.0. The summed E-state index contributed by atoms with van der Waals surface area (Å²) < 4.78 is 0. The molecule has 4 amide bonds. The zero-order valence-electron chi connectivity index (χ0n) is 22.6. The summed E-state index contributed by atoms with van der Waals surface area (Å²) in [4.78, 5) is 62.2. The fraction of sp³-hybridized carbons (Fsp3) is 0.577. The average Bonchev–Trinajstić information content (AvgIpc) is 2.94. The Morgan fingerprint density at radius 1 is 0.800 bits per heavy atom. The van der Waals surface area contributed by atoms with Crippen molar-refractivity contribution in [1.82, 2.24) is 21.3 Å². The van der Waals surface area contributed by atoms with Crippen molar-refractivity contribution in [3.8, 4) is 5.75 Å². The first kappa shape index (κ1) is 34.8. The Morgan fingerprint density at radius 2 is 1.35 bits per heavy atom. The van der Waals surface area contributed by atoms with Crippen molar-refractivity contribution in [3.63, 3.8) is 0 Å².